The van der Waals surface area contributed by atoms with Gasteiger partial charge in [-0.05, 0) is 50.2 Å². The van der Waals surface area contributed by atoms with Crippen molar-refractivity contribution in [2.24, 2.45) is 0 Å². The molecule has 0 bridgehead atoms. The summed E-state index contributed by atoms with van der Waals surface area (Å²) in [6.45, 7) is 6.94. The summed E-state index contributed by atoms with van der Waals surface area (Å²) >= 11 is 0. The fourth-order valence-corrected chi connectivity index (χ4v) is 3.02. The van der Waals surface area contributed by atoms with Crippen molar-refractivity contribution >= 4 is 23.3 Å². The van der Waals surface area contributed by atoms with Crippen LogP contribution in [0.5, 0.6) is 5.75 Å². The van der Waals surface area contributed by atoms with E-state index in [1.54, 1.807) is 31.2 Å². The van der Waals surface area contributed by atoms with Crippen molar-refractivity contribution in [1.82, 2.24) is 0 Å². The second-order valence-corrected chi connectivity index (χ2v) is 6.61. The average Bonchev–Trinajstić information content (AvgIpc) is 2.75. The van der Waals surface area contributed by atoms with Gasteiger partial charge in [0.2, 0.25) is 0 Å². The van der Waals surface area contributed by atoms with Crippen LogP contribution in [0.4, 0.5) is 11.4 Å². The Morgan fingerprint density at radius 2 is 1.79 bits per heavy atom. The lowest BCUT2D eigenvalue weighted by molar-refractivity contribution is -0.123. The van der Waals surface area contributed by atoms with Crippen LogP contribution in [0.2, 0.25) is 0 Å². The van der Waals surface area contributed by atoms with Crippen LogP contribution >= 0.6 is 0 Å². The molecular formula is C22H26N2O5. The zero-order valence-corrected chi connectivity index (χ0v) is 16.7. The number of amides is 1. The van der Waals surface area contributed by atoms with Gasteiger partial charge in [0, 0.05) is 24.5 Å². The highest BCUT2D eigenvalue weighted by Crippen LogP contribution is 2.21. The zero-order valence-electron chi connectivity index (χ0n) is 16.7. The Morgan fingerprint density at radius 3 is 2.48 bits per heavy atom. The van der Waals surface area contributed by atoms with Crippen LogP contribution in [0.25, 0.3) is 0 Å². The van der Waals surface area contributed by atoms with Crippen LogP contribution in [-0.4, -0.2) is 50.9 Å². The molecule has 1 heterocycles. The van der Waals surface area contributed by atoms with Crippen molar-refractivity contribution in [2.45, 2.75) is 20.0 Å². The molecule has 0 saturated carbocycles. The van der Waals surface area contributed by atoms with Gasteiger partial charge in [0.1, 0.15) is 11.3 Å². The molecule has 0 radical (unpaired) electrons. The molecule has 1 atom stereocenters. The molecule has 0 spiro atoms. The fourth-order valence-electron chi connectivity index (χ4n) is 3.02. The number of carbonyl (C=O) groups is 2. The summed E-state index contributed by atoms with van der Waals surface area (Å²) in [6.07, 6.45) is -0.948. The molecule has 0 aliphatic carbocycles. The minimum absolute atomic E-state index is 0.295. The van der Waals surface area contributed by atoms with E-state index < -0.39 is 18.0 Å². The van der Waals surface area contributed by atoms with Gasteiger partial charge in [-0.25, -0.2) is 4.79 Å². The molecule has 1 unspecified atom stereocenters. The Hall–Kier alpha value is -3.06. The van der Waals surface area contributed by atoms with Crippen molar-refractivity contribution in [3.63, 3.8) is 0 Å². The molecule has 1 aliphatic rings. The van der Waals surface area contributed by atoms with E-state index in [4.69, 9.17) is 14.2 Å². The molecule has 2 aromatic rings. The van der Waals surface area contributed by atoms with E-state index in [-0.39, 0.29) is 0 Å². The van der Waals surface area contributed by atoms with E-state index in [1.807, 2.05) is 31.2 Å². The number of para-hydroxylation sites is 1. The zero-order chi connectivity index (χ0) is 20.6. The smallest absolute Gasteiger partial charge is 0.342 e. The maximum absolute atomic E-state index is 12.4. The second kappa shape index (κ2) is 9.93. The van der Waals surface area contributed by atoms with E-state index in [0.717, 1.165) is 18.8 Å². The summed E-state index contributed by atoms with van der Waals surface area (Å²) in [4.78, 5) is 27.1. The topological polar surface area (TPSA) is 77.1 Å². The molecule has 0 aromatic heterocycles. The second-order valence-electron chi connectivity index (χ2n) is 6.61. The molecule has 1 aliphatic heterocycles. The summed E-state index contributed by atoms with van der Waals surface area (Å²) in [7, 11) is 0. The van der Waals surface area contributed by atoms with Crippen LogP contribution in [0, 0.1) is 0 Å². The molecule has 154 valence electrons. The first-order chi connectivity index (χ1) is 14.1. The number of esters is 1. The molecule has 7 heteroatoms. The predicted molar refractivity (Wildman–Crippen MR) is 111 cm³/mol. The van der Waals surface area contributed by atoms with Gasteiger partial charge in [-0.2, -0.15) is 0 Å². The Morgan fingerprint density at radius 1 is 1.10 bits per heavy atom. The maximum Gasteiger partial charge on any atom is 0.342 e. The van der Waals surface area contributed by atoms with E-state index >= 15 is 0 Å². The highest BCUT2D eigenvalue weighted by Gasteiger charge is 2.21. The van der Waals surface area contributed by atoms with Gasteiger partial charge in [0.05, 0.1) is 19.8 Å². The summed E-state index contributed by atoms with van der Waals surface area (Å²) < 4.78 is 16.1. The number of hydrogen-bond donors (Lipinski definition) is 1. The van der Waals surface area contributed by atoms with Crippen molar-refractivity contribution in [3.8, 4) is 5.75 Å². The van der Waals surface area contributed by atoms with Crippen LogP contribution in [0.1, 0.15) is 24.2 Å². The Labute approximate surface area is 170 Å². The summed E-state index contributed by atoms with van der Waals surface area (Å²) in [5.74, 6) is -0.558. The minimum atomic E-state index is -0.948. The summed E-state index contributed by atoms with van der Waals surface area (Å²) in [5, 5.41) is 2.78. The highest BCUT2D eigenvalue weighted by atomic mass is 16.5. The monoisotopic (exact) mass is 398 g/mol. The van der Waals surface area contributed by atoms with E-state index in [2.05, 4.69) is 10.2 Å². The molecule has 1 fully saturated rings. The molecule has 7 nitrogen and oxygen atoms in total. The molecular weight excluding hydrogens is 372 g/mol. The largest absolute Gasteiger partial charge is 0.493 e. The van der Waals surface area contributed by atoms with Gasteiger partial charge in [0.15, 0.2) is 6.10 Å². The Kier molecular flexibility index (Phi) is 7.08. The van der Waals surface area contributed by atoms with Crippen molar-refractivity contribution in [1.29, 1.82) is 0 Å². The van der Waals surface area contributed by atoms with E-state index in [0.29, 0.717) is 36.8 Å². The van der Waals surface area contributed by atoms with Crippen molar-refractivity contribution in [2.75, 3.05) is 43.1 Å². The molecule has 29 heavy (non-hydrogen) atoms. The van der Waals surface area contributed by atoms with Gasteiger partial charge in [-0.15, -0.1) is 0 Å². The fraction of sp³-hybridized carbons (Fsp3) is 0.364. The normalized spacial score (nSPS) is 14.8. The standard InChI is InChI=1S/C22H26N2O5/c1-3-28-20-7-5-4-6-19(20)22(26)29-16(2)21(25)23-17-8-10-18(11-9-17)24-12-14-27-15-13-24/h4-11,16H,3,12-15H2,1-2H3,(H,23,25). The minimum Gasteiger partial charge on any atom is -0.493 e. The maximum atomic E-state index is 12.4. The quantitative estimate of drug-likeness (QED) is 0.722. The number of ether oxygens (including phenoxy) is 3. The van der Waals surface area contributed by atoms with Crippen molar-refractivity contribution < 1.29 is 23.8 Å². The Balaban J connectivity index is 1.57. The highest BCUT2D eigenvalue weighted by molar-refractivity contribution is 5.98. The molecule has 1 N–H and O–H groups in total. The van der Waals surface area contributed by atoms with Crippen LogP contribution in [0.15, 0.2) is 48.5 Å². The number of carbonyl (C=O) groups excluding carboxylic acids is 2. The van der Waals surface area contributed by atoms with Crippen LogP contribution in [0.3, 0.4) is 0 Å². The van der Waals surface area contributed by atoms with Crippen LogP contribution in [-0.2, 0) is 14.3 Å². The van der Waals surface area contributed by atoms with Gasteiger partial charge >= 0.3 is 5.97 Å². The SMILES string of the molecule is CCOc1ccccc1C(=O)OC(C)C(=O)Nc1ccc(N2CCOCC2)cc1. The van der Waals surface area contributed by atoms with Gasteiger partial charge in [-0.3, -0.25) is 4.79 Å². The first-order valence-electron chi connectivity index (χ1n) is 9.75. The summed E-state index contributed by atoms with van der Waals surface area (Å²) in [6, 6.07) is 14.4. The molecule has 2 aromatic carbocycles. The third kappa shape index (κ3) is 5.48. The van der Waals surface area contributed by atoms with Gasteiger partial charge in [-0.1, -0.05) is 12.1 Å². The number of nitrogens with zero attached hydrogens (tertiary/aromatic N) is 1. The van der Waals surface area contributed by atoms with E-state index in [1.165, 1.54) is 0 Å². The first-order valence-corrected chi connectivity index (χ1v) is 9.75. The average molecular weight is 398 g/mol. The number of nitrogens with one attached hydrogen (secondary N) is 1. The van der Waals surface area contributed by atoms with E-state index in [9.17, 15) is 9.59 Å². The Bertz CT molecular complexity index is 831. The number of morpholine rings is 1. The summed E-state index contributed by atoms with van der Waals surface area (Å²) in [5.41, 5.74) is 2.02. The molecule has 1 saturated heterocycles. The lowest BCUT2D eigenvalue weighted by Gasteiger charge is -2.28. The number of anilines is 2. The number of rotatable bonds is 7. The molecule has 1 amide bonds. The lowest BCUT2D eigenvalue weighted by Crippen LogP contribution is -2.36. The first kappa shape index (κ1) is 20.7. The van der Waals surface area contributed by atoms with Gasteiger partial charge < -0.3 is 24.4 Å². The van der Waals surface area contributed by atoms with Crippen molar-refractivity contribution in [3.05, 3.63) is 54.1 Å². The third-order valence-electron chi connectivity index (χ3n) is 4.57. The van der Waals surface area contributed by atoms with Crippen LogP contribution < -0.4 is 15.0 Å². The third-order valence-corrected chi connectivity index (χ3v) is 4.57. The number of benzene rings is 2. The van der Waals surface area contributed by atoms with Gasteiger partial charge in [0.25, 0.3) is 5.91 Å². The number of hydrogen-bond acceptors (Lipinski definition) is 6. The lowest BCUT2D eigenvalue weighted by atomic mass is 10.2. The molecule has 3 rings (SSSR count). The predicted octanol–water partition coefficient (Wildman–Crippen LogP) is 3.11.